The Morgan fingerprint density at radius 2 is 2.06 bits per heavy atom. The van der Waals surface area contributed by atoms with Crippen molar-refractivity contribution in [2.75, 3.05) is 33.7 Å². The van der Waals surface area contributed by atoms with E-state index in [0.29, 0.717) is 13.1 Å². The Hall–Kier alpha value is -1.59. The molecule has 0 saturated carbocycles. The van der Waals surface area contributed by atoms with Crippen LogP contribution in [0, 0.1) is 5.92 Å². The number of likely N-dealkylation sites (N-methyl/N-ethyl adjacent to an activating group) is 2. The van der Waals surface area contributed by atoms with Gasteiger partial charge in [0.15, 0.2) is 0 Å². The van der Waals surface area contributed by atoms with E-state index in [2.05, 4.69) is 5.32 Å². The summed E-state index contributed by atoms with van der Waals surface area (Å²) in [6, 6.07) is 0. The number of rotatable bonds is 4. The molecule has 1 rings (SSSR count). The standard InChI is InChI=1S/C11H19N3O3/c1-4-14(7-10(16)13(2)3)11(17)8-5-9(15)12-6-8/h8H,4-7H2,1-3H3,(H,12,15). The molecule has 0 spiro atoms. The zero-order chi connectivity index (χ0) is 13.0. The Balaban J connectivity index is 2.58. The van der Waals surface area contributed by atoms with Gasteiger partial charge in [-0.05, 0) is 6.92 Å². The molecule has 1 saturated heterocycles. The molecule has 1 unspecified atom stereocenters. The fraction of sp³-hybridized carbons (Fsp3) is 0.727. The molecule has 1 heterocycles. The highest BCUT2D eigenvalue weighted by Crippen LogP contribution is 2.12. The van der Waals surface area contributed by atoms with E-state index in [4.69, 9.17) is 0 Å². The third kappa shape index (κ3) is 3.44. The number of hydrogen-bond donors (Lipinski definition) is 1. The van der Waals surface area contributed by atoms with Crippen molar-refractivity contribution >= 4 is 17.7 Å². The molecule has 6 nitrogen and oxygen atoms in total. The van der Waals surface area contributed by atoms with Gasteiger partial charge in [0.1, 0.15) is 0 Å². The second-order valence-corrected chi connectivity index (χ2v) is 4.35. The van der Waals surface area contributed by atoms with E-state index >= 15 is 0 Å². The fourth-order valence-electron chi connectivity index (χ4n) is 1.69. The maximum Gasteiger partial charge on any atom is 0.241 e. The summed E-state index contributed by atoms with van der Waals surface area (Å²) in [5, 5.41) is 2.62. The van der Waals surface area contributed by atoms with Gasteiger partial charge in [-0.15, -0.1) is 0 Å². The first-order valence-corrected chi connectivity index (χ1v) is 5.71. The third-order valence-electron chi connectivity index (χ3n) is 2.84. The van der Waals surface area contributed by atoms with Crippen LogP contribution >= 0.6 is 0 Å². The average Bonchev–Trinajstić information content (AvgIpc) is 2.71. The number of carbonyl (C=O) groups excluding carboxylic acids is 3. The molecule has 17 heavy (non-hydrogen) atoms. The van der Waals surface area contributed by atoms with Crippen LogP contribution in [0.25, 0.3) is 0 Å². The topological polar surface area (TPSA) is 69.7 Å². The quantitative estimate of drug-likeness (QED) is 0.690. The predicted octanol–water partition coefficient (Wildman–Crippen LogP) is -0.941. The van der Waals surface area contributed by atoms with Crippen LogP contribution in [0.15, 0.2) is 0 Å². The molecule has 1 N–H and O–H groups in total. The van der Waals surface area contributed by atoms with Crippen molar-refractivity contribution in [3.8, 4) is 0 Å². The second kappa shape index (κ2) is 5.65. The van der Waals surface area contributed by atoms with Gasteiger partial charge in [-0.2, -0.15) is 0 Å². The first-order chi connectivity index (χ1) is 7.95. The third-order valence-corrected chi connectivity index (χ3v) is 2.84. The SMILES string of the molecule is CCN(CC(=O)N(C)C)C(=O)C1CNC(=O)C1. The lowest BCUT2D eigenvalue weighted by atomic mass is 10.1. The number of nitrogens with one attached hydrogen (secondary N) is 1. The highest BCUT2D eigenvalue weighted by atomic mass is 16.2. The molecule has 96 valence electrons. The molecule has 1 atom stereocenters. The maximum absolute atomic E-state index is 12.0. The van der Waals surface area contributed by atoms with Gasteiger partial charge in [-0.3, -0.25) is 14.4 Å². The van der Waals surface area contributed by atoms with Crippen LogP contribution < -0.4 is 5.32 Å². The molecule has 6 heteroatoms. The van der Waals surface area contributed by atoms with Gasteiger partial charge in [0.05, 0.1) is 12.5 Å². The van der Waals surface area contributed by atoms with Crippen LogP contribution in [0.4, 0.5) is 0 Å². The van der Waals surface area contributed by atoms with Crippen molar-refractivity contribution in [3.63, 3.8) is 0 Å². The smallest absolute Gasteiger partial charge is 0.241 e. The van der Waals surface area contributed by atoms with Gasteiger partial charge in [-0.25, -0.2) is 0 Å². The van der Waals surface area contributed by atoms with Crippen LogP contribution in [-0.4, -0.2) is 61.3 Å². The molecule has 0 aliphatic carbocycles. The second-order valence-electron chi connectivity index (χ2n) is 4.35. The van der Waals surface area contributed by atoms with E-state index in [0.717, 1.165) is 0 Å². The summed E-state index contributed by atoms with van der Waals surface area (Å²) in [7, 11) is 3.31. The molecular weight excluding hydrogens is 222 g/mol. The fourth-order valence-corrected chi connectivity index (χ4v) is 1.69. The Labute approximate surface area is 101 Å². The van der Waals surface area contributed by atoms with Gasteiger partial charge >= 0.3 is 0 Å². The molecule has 0 aromatic rings. The number of hydrogen-bond acceptors (Lipinski definition) is 3. The molecular formula is C11H19N3O3. The Morgan fingerprint density at radius 1 is 1.41 bits per heavy atom. The van der Waals surface area contributed by atoms with Crippen LogP contribution in [0.5, 0.6) is 0 Å². The molecule has 0 bridgehead atoms. The van der Waals surface area contributed by atoms with E-state index in [1.165, 1.54) is 9.80 Å². The van der Waals surface area contributed by atoms with Gasteiger partial charge in [0.2, 0.25) is 17.7 Å². The highest BCUT2D eigenvalue weighted by Gasteiger charge is 2.31. The molecule has 0 aromatic carbocycles. The molecule has 1 aliphatic heterocycles. The summed E-state index contributed by atoms with van der Waals surface area (Å²) in [4.78, 5) is 37.6. The van der Waals surface area contributed by atoms with Crippen LogP contribution in [0.2, 0.25) is 0 Å². The molecule has 1 aliphatic rings. The lowest BCUT2D eigenvalue weighted by Crippen LogP contribution is -2.43. The number of nitrogens with zero attached hydrogens (tertiary/aromatic N) is 2. The minimum Gasteiger partial charge on any atom is -0.355 e. The van der Waals surface area contributed by atoms with Crippen LogP contribution in [0.3, 0.4) is 0 Å². The lowest BCUT2D eigenvalue weighted by molar-refractivity contribution is -0.141. The normalized spacial score (nSPS) is 18.8. The monoisotopic (exact) mass is 241 g/mol. The van der Waals surface area contributed by atoms with E-state index < -0.39 is 0 Å². The van der Waals surface area contributed by atoms with Gasteiger partial charge in [0.25, 0.3) is 0 Å². The first kappa shape index (κ1) is 13.5. The summed E-state index contributed by atoms with van der Waals surface area (Å²) in [6.45, 7) is 2.76. The Morgan fingerprint density at radius 3 is 2.47 bits per heavy atom. The van der Waals surface area contributed by atoms with E-state index in [1.807, 2.05) is 6.92 Å². The van der Waals surface area contributed by atoms with Crippen molar-refractivity contribution in [1.82, 2.24) is 15.1 Å². The predicted molar refractivity (Wildman–Crippen MR) is 62.1 cm³/mol. The van der Waals surface area contributed by atoms with Crippen molar-refractivity contribution in [3.05, 3.63) is 0 Å². The number of carbonyl (C=O) groups is 3. The van der Waals surface area contributed by atoms with Crippen LogP contribution in [0.1, 0.15) is 13.3 Å². The minimum atomic E-state index is -0.322. The summed E-state index contributed by atoms with van der Waals surface area (Å²) < 4.78 is 0. The maximum atomic E-state index is 12.0. The summed E-state index contributed by atoms with van der Waals surface area (Å²) in [5.74, 6) is -0.658. The molecule has 0 aromatic heterocycles. The zero-order valence-corrected chi connectivity index (χ0v) is 10.5. The van der Waals surface area contributed by atoms with Crippen molar-refractivity contribution < 1.29 is 14.4 Å². The molecule has 0 radical (unpaired) electrons. The van der Waals surface area contributed by atoms with Gasteiger partial charge in [0, 0.05) is 33.6 Å². The Bertz CT molecular complexity index is 328. The largest absolute Gasteiger partial charge is 0.355 e. The van der Waals surface area contributed by atoms with E-state index in [-0.39, 0.29) is 36.6 Å². The van der Waals surface area contributed by atoms with Gasteiger partial charge < -0.3 is 15.1 Å². The van der Waals surface area contributed by atoms with Crippen molar-refractivity contribution in [2.45, 2.75) is 13.3 Å². The van der Waals surface area contributed by atoms with Gasteiger partial charge in [-0.1, -0.05) is 0 Å². The molecule has 3 amide bonds. The lowest BCUT2D eigenvalue weighted by Gasteiger charge is -2.24. The number of amides is 3. The summed E-state index contributed by atoms with van der Waals surface area (Å²) >= 11 is 0. The zero-order valence-electron chi connectivity index (χ0n) is 10.5. The Kier molecular flexibility index (Phi) is 4.48. The molecule has 1 fully saturated rings. The highest BCUT2D eigenvalue weighted by molar-refractivity contribution is 5.91. The average molecular weight is 241 g/mol. The summed E-state index contributed by atoms with van der Waals surface area (Å²) in [5.41, 5.74) is 0. The summed E-state index contributed by atoms with van der Waals surface area (Å²) in [6.07, 6.45) is 0.228. The van der Waals surface area contributed by atoms with E-state index in [9.17, 15) is 14.4 Å². The van der Waals surface area contributed by atoms with E-state index in [1.54, 1.807) is 14.1 Å². The van der Waals surface area contributed by atoms with Crippen molar-refractivity contribution in [1.29, 1.82) is 0 Å². The first-order valence-electron chi connectivity index (χ1n) is 5.71. The minimum absolute atomic E-state index is 0.0764. The van der Waals surface area contributed by atoms with Crippen molar-refractivity contribution in [2.24, 2.45) is 5.92 Å². The van der Waals surface area contributed by atoms with Crippen LogP contribution in [-0.2, 0) is 14.4 Å².